The fourth-order valence-electron chi connectivity index (χ4n) is 11.4. The van der Waals surface area contributed by atoms with E-state index in [1.165, 1.54) is 38.5 Å². The van der Waals surface area contributed by atoms with Crippen LogP contribution in [-0.4, -0.2) is 70.5 Å². The summed E-state index contributed by atoms with van der Waals surface area (Å²) in [4.78, 5) is 27.9. The van der Waals surface area contributed by atoms with E-state index >= 15 is 4.79 Å². The number of oxime groups is 1. The second kappa shape index (κ2) is 25.5. The number of aromatic nitrogens is 1. The second-order valence-electron chi connectivity index (χ2n) is 19.3. The number of hydrogen-bond acceptors (Lipinski definition) is 9. The van der Waals surface area contributed by atoms with Crippen molar-refractivity contribution < 1.29 is 34.1 Å². The Balaban J connectivity index is 1.36. The Morgan fingerprint density at radius 1 is 0.897 bits per heavy atom. The number of carbonyl (C=O) groups is 1. The Morgan fingerprint density at radius 2 is 1.63 bits per heavy atom. The molecule has 3 aliphatic rings. The van der Waals surface area contributed by atoms with Gasteiger partial charge in [0.05, 0.1) is 23.9 Å². The summed E-state index contributed by atoms with van der Waals surface area (Å²) in [6.45, 7) is 9.49. The number of hydrogen-bond donors (Lipinski definition) is 2. The Hall–Kier alpha value is -5.03. The van der Waals surface area contributed by atoms with Crippen molar-refractivity contribution in [3.63, 3.8) is 0 Å². The second-order valence-corrected chi connectivity index (χ2v) is 19.3. The van der Waals surface area contributed by atoms with Crippen molar-refractivity contribution in [2.24, 2.45) is 22.9 Å². The molecule has 1 aliphatic heterocycles. The van der Waals surface area contributed by atoms with Gasteiger partial charge in [0.1, 0.15) is 31.3 Å². The van der Waals surface area contributed by atoms with Crippen molar-refractivity contribution >= 4 is 22.4 Å². The molecule has 2 aliphatic carbocycles. The summed E-state index contributed by atoms with van der Waals surface area (Å²) in [5.41, 5.74) is 5.66. The third-order valence-corrected chi connectivity index (χ3v) is 14.6. The molecule has 2 N–H and O–H groups in total. The maximum Gasteiger partial charge on any atom is 0.239 e. The molecule has 10 heteroatoms. The highest BCUT2D eigenvalue weighted by Crippen LogP contribution is 2.62. The molecule has 6 atom stereocenters. The first kappa shape index (κ1) is 50.8. The van der Waals surface area contributed by atoms with Gasteiger partial charge in [0, 0.05) is 49.8 Å². The van der Waals surface area contributed by atoms with Crippen LogP contribution in [0.2, 0.25) is 0 Å². The lowest BCUT2D eigenvalue weighted by molar-refractivity contribution is -0.258. The number of aliphatic hydroxyl groups is 2. The zero-order valence-corrected chi connectivity index (χ0v) is 41.1. The summed E-state index contributed by atoms with van der Waals surface area (Å²) >= 11 is 0. The fourth-order valence-corrected chi connectivity index (χ4v) is 11.4. The molecule has 2 heterocycles. The van der Waals surface area contributed by atoms with Crippen molar-refractivity contribution in [1.29, 1.82) is 0 Å². The molecule has 10 nitrogen and oxygen atoms in total. The van der Waals surface area contributed by atoms with Crippen molar-refractivity contribution in [2.45, 2.75) is 154 Å². The molecule has 3 aromatic carbocycles. The quantitative estimate of drug-likeness (QED) is 0.0328. The molecule has 0 spiro atoms. The van der Waals surface area contributed by atoms with Crippen LogP contribution in [0, 0.1) is 24.7 Å². The van der Waals surface area contributed by atoms with Crippen LogP contribution in [0.3, 0.4) is 0 Å². The first-order valence-corrected chi connectivity index (χ1v) is 25.8. The summed E-state index contributed by atoms with van der Waals surface area (Å²) < 4.78 is 21.4. The fraction of sp³-hybridized carbons (Fsp3) is 0.534. The van der Waals surface area contributed by atoms with Crippen molar-refractivity contribution in [1.82, 2.24) is 9.88 Å². The zero-order valence-electron chi connectivity index (χ0n) is 41.1. The highest BCUT2D eigenvalue weighted by Gasteiger charge is 2.65. The van der Waals surface area contributed by atoms with Crippen LogP contribution < -0.4 is 9.47 Å². The van der Waals surface area contributed by atoms with Crippen molar-refractivity contribution in [2.75, 3.05) is 26.9 Å². The number of allylic oxidation sites excluding steroid dienone is 1. The summed E-state index contributed by atoms with van der Waals surface area (Å²) in [5.74, 6) is -0.200. The summed E-state index contributed by atoms with van der Waals surface area (Å²) in [5, 5.41) is 27.1. The van der Waals surface area contributed by atoms with Gasteiger partial charge in [0.15, 0.2) is 0 Å². The minimum atomic E-state index is -1.34. The number of ether oxygens (including phenoxy) is 3. The Kier molecular flexibility index (Phi) is 19.1. The van der Waals surface area contributed by atoms with Gasteiger partial charge >= 0.3 is 0 Å². The van der Waals surface area contributed by atoms with Gasteiger partial charge in [-0.05, 0) is 103 Å². The van der Waals surface area contributed by atoms with E-state index in [1.54, 1.807) is 13.2 Å². The smallest absolute Gasteiger partial charge is 0.239 e. The van der Waals surface area contributed by atoms with Gasteiger partial charge in [-0.25, -0.2) is 0 Å². The molecule has 366 valence electrons. The molecule has 1 saturated carbocycles. The van der Waals surface area contributed by atoms with Crippen LogP contribution in [0.15, 0.2) is 108 Å². The van der Waals surface area contributed by atoms with E-state index in [0.29, 0.717) is 50.3 Å². The average molecular weight is 928 g/mol. The zero-order chi connectivity index (χ0) is 47.7. The number of amides is 1. The number of rotatable bonds is 28. The van der Waals surface area contributed by atoms with E-state index in [2.05, 4.69) is 73.0 Å². The van der Waals surface area contributed by atoms with Gasteiger partial charge in [-0.1, -0.05) is 137 Å². The molecule has 0 bridgehead atoms. The van der Waals surface area contributed by atoms with Gasteiger partial charge in [0.25, 0.3) is 0 Å². The first-order valence-electron chi connectivity index (χ1n) is 25.8. The molecule has 7 rings (SSSR count). The Bertz CT molecular complexity index is 2300. The predicted octanol–water partition coefficient (Wildman–Crippen LogP) is 12.3. The van der Waals surface area contributed by atoms with Gasteiger partial charge in [0.2, 0.25) is 11.7 Å². The lowest BCUT2D eigenvalue weighted by atomic mass is 9.55. The van der Waals surface area contributed by atoms with E-state index < -0.39 is 17.7 Å². The molecule has 68 heavy (non-hydrogen) atoms. The monoisotopic (exact) mass is 928 g/mol. The van der Waals surface area contributed by atoms with E-state index in [1.807, 2.05) is 37.3 Å². The van der Waals surface area contributed by atoms with Gasteiger partial charge in [-0.2, -0.15) is 0 Å². The largest absolute Gasteiger partial charge is 0.487 e. The molecule has 6 unspecified atom stereocenters. The summed E-state index contributed by atoms with van der Waals surface area (Å²) in [7, 11) is 1.59. The minimum Gasteiger partial charge on any atom is -0.487 e. The average Bonchev–Trinajstić information content (AvgIpc) is 3.35. The van der Waals surface area contributed by atoms with Gasteiger partial charge in [-0.15, -0.1) is 6.58 Å². The van der Waals surface area contributed by atoms with Crippen LogP contribution in [0.1, 0.15) is 145 Å². The molecular formula is C58H77N3O7. The van der Waals surface area contributed by atoms with Crippen LogP contribution in [0.25, 0.3) is 10.8 Å². The molecular weight excluding hydrogens is 851 g/mol. The Labute approximate surface area is 405 Å². The predicted molar refractivity (Wildman–Crippen MR) is 272 cm³/mol. The molecule has 1 fully saturated rings. The Morgan fingerprint density at radius 3 is 2.38 bits per heavy atom. The third kappa shape index (κ3) is 12.2. The first-order chi connectivity index (χ1) is 33.3. The maximum atomic E-state index is 15.4. The number of benzene rings is 3. The number of nitrogens with zero attached hydrogens (tertiary/aromatic N) is 3. The third-order valence-electron chi connectivity index (χ3n) is 14.6. The normalized spacial score (nSPS) is 22.2. The number of unbranched alkanes of at least 4 members (excludes halogenated alkanes) is 10. The molecule has 4 aromatic rings. The molecule has 1 aromatic heterocycles. The maximum absolute atomic E-state index is 15.4. The summed E-state index contributed by atoms with van der Waals surface area (Å²) in [6.07, 6.45) is 20.2. The van der Waals surface area contributed by atoms with Crippen molar-refractivity contribution in [3.05, 3.63) is 126 Å². The van der Waals surface area contributed by atoms with Crippen LogP contribution >= 0.6 is 0 Å². The van der Waals surface area contributed by atoms with E-state index in [4.69, 9.17) is 29.2 Å². The van der Waals surface area contributed by atoms with Crippen LogP contribution in [-0.2, 0) is 27.5 Å². The number of pyridine rings is 1. The lowest BCUT2D eigenvalue weighted by Gasteiger charge is -2.60. The topological polar surface area (TPSA) is 123 Å². The van der Waals surface area contributed by atoms with Gasteiger partial charge < -0.3 is 34.2 Å². The van der Waals surface area contributed by atoms with Gasteiger partial charge in [-0.3, -0.25) is 9.78 Å². The minimum absolute atomic E-state index is 0.0632. The summed E-state index contributed by atoms with van der Waals surface area (Å²) in [6, 6.07) is 26.2. The highest BCUT2D eigenvalue weighted by atomic mass is 16.7. The molecule has 0 radical (unpaired) electrons. The van der Waals surface area contributed by atoms with Crippen LogP contribution in [0.5, 0.6) is 11.5 Å². The standard InChI is InChI=1S/C58H77N3O7/c1-5-7-8-9-10-11-12-13-14-31-55(64)61(40-45-27-22-26-43-24-15-16-29-48(43)45)54-39-52(60-65-4)50-37-44(25-17-19-34-62)49(30-18-20-35-63)56-51-38-47(66-41-46-28-21-23-42(3)59-46)32-33-53(51)68-58(54,57(50)56)67-36-6-2/h6,15-16,21-24,26-29,32-33,37-38,44,49,54,56-57,62-63H,2,5,7-14,17-20,25,30-31,34-36,39-41H2,1,3-4H3. The van der Waals surface area contributed by atoms with E-state index in [9.17, 15) is 10.2 Å². The lowest BCUT2D eigenvalue weighted by Crippen LogP contribution is -2.70. The van der Waals surface area contributed by atoms with E-state index in [0.717, 1.165) is 89.5 Å². The number of fused-ring (bicyclic) bond motifs is 3. The van der Waals surface area contributed by atoms with Crippen LogP contribution in [0.4, 0.5) is 0 Å². The number of carbonyl (C=O) groups excluding carboxylic acids is 1. The molecule has 1 amide bonds. The number of aryl methyl sites for hydroxylation is 1. The van der Waals surface area contributed by atoms with E-state index in [-0.39, 0.29) is 43.5 Å². The van der Waals surface area contributed by atoms with Crippen molar-refractivity contribution in [3.8, 4) is 11.5 Å². The number of aliphatic hydroxyl groups excluding tert-OH is 2. The molecule has 0 saturated heterocycles. The SMILES string of the molecule is C=CCOC12Oc3ccc(OCc4cccc(C)n4)cc3C3C(CCCCO)C(CCCCO)C=C(C(=NOC)CC1N(Cc1cccc4ccccc14)C(=O)CCCCCCCCCCC)C32. The highest BCUT2D eigenvalue weighted by molar-refractivity contribution is 6.03.